The summed E-state index contributed by atoms with van der Waals surface area (Å²) in [4.78, 5) is 11.9. The summed E-state index contributed by atoms with van der Waals surface area (Å²) in [5, 5.41) is 5.37. The molecule has 4 nitrogen and oxygen atoms in total. The fourth-order valence-corrected chi connectivity index (χ4v) is 1.84. The van der Waals surface area contributed by atoms with Gasteiger partial charge in [-0.05, 0) is 50.6 Å². The van der Waals surface area contributed by atoms with Crippen molar-refractivity contribution >= 4 is 11.7 Å². The zero-order valence-electron chi connectivity index (χ0n) is 11.7. The van der Waals surface area contributed by atoms with E-state index in [4.69, 9.17) is 4.42 Å². The second-order valence-corrected chi connectivity index (χ2v) is 4.73. The molecular weight excluding hydrogens is 259 g/mol. The molecule has 0 radical (unpaired) electrons. The van der Waals surface area contributed by atoms with Crippen molar-refractivity contribution in [2.75, 3.05) is 5.32 Å². The highest BCUT2D eigenvalue weighted by molar-refractivity contribution is 5.90. The Hall–Kier alpha value is -2.30. The van der Waals surface area contributed by atoms with Crippen molar-refractivity contribution in [2.45, 2.75) is 26.8 Å². The highest BCUT2D eigenvalue weighted by Gasteiger charge is 2.13. The molecule has 2 aromatic rings. The minimum absolute atomic E-state index is 0.266. The lowest BCUT2D eigenvalue weighted by Crippen LogP contribution is -2.31. The first-order valence-electron chi connectivity index (χ1n) is 6.35. The van der Waals surface area contributed by atoms with Gasteiger partial charge >= 0.3 is 6.03 Å². The van der Waals surface area contributed by atoms with Gasteiger partial charge in [-0.15, -0.1) is 0 Å². The number of urea groups is 1. The summed E-state index contributed by atoms with van der Waals surface area (Å²) in [5.41, 5.74) is 1.24. The Morgan fingerprint density at radius 3 is 2.65 bits per heavy atom. The maximum atomic E-state index is 13.1. The maximum Gasteiger partial charge on any atom is 0.319 e. The van der Waals surface area contributed by atoms with E-state index in [0.29, 0.717) is 11.4 Å². The molecule has 1 aromatic carbocycles. The van der Waals surface area contributed by atoms with E-state index in [1.54, 1.807) is 13.0 Å². The Bertz CT molecular complexity index is 622. The molecule has 1 atom stereocenters. The van der Waals surface area contributed by atoms with Crippen LogP contribution in [-0.4, -0.2) is 6.03 Å². The van der Waals surface area contributed by atoms with Crippen LogP contribution in [0.5, 0.6) is 0 Å². The average Bonchev–Trinajstić information content (AvgIpc) is 2.80. The number of benzene rings is 1. The lowest BCUT2D eigenvalue weighted by Gasteiger charge is -2.14. The van der Waals surface area contributed by atoms with Gasteiger partial charge in [0.2, 0.25) is 0 Å². The zero-order chi connectivity index (χ0) is 14.7. The van der Waals surface area contributed by atoms with E-state index in [1.165, 1.54) is 12.1 Å². The lowest BCUT2D eigenvalue weighted by molar-refractivity contribution is 0.247. The molecule has 1 aromatic heterocycles. The van der Waals surface area contributed by atoms with Crippen molar-refractivity contribution in [2.24, 2.45) is 0 Å². The van der Waals surface area contributed by atoms with Gasteiger partial charge in [0.15, 0.2) is 0 Å². The predicted octanol–water partition coefficient (Wildman–Crippen LogP) is 3.92. The molecule has 0 aliphatic rings. The summed E-state index contributed by atoms with van der Waals surface area (Å²) >= 11 is 0. The number of anilines is 1. The van der Waals surface area contributed by atoms with Gasteiger partial charge < -0.3 is 15.1 Å². The summed E-state index contributed by atoms with van der Waals surface area (Å²) in [6.45, 7) is 5.46. The maximum absolute atomic E-state index is 13.1. The topological polar surface area (TPSA) is 54.3 Å². The summed E-state index contributed by atoms with van der Waals surface area (Å²) in [7, 11) is 0. The molecule has 0 aliphatic heterocycles. The lowest BCUT2D eigenvalue weighted by atomic mass is 10.2. The molecule has 0 bridgehead atoms. The van der Waals surface area contributed by atoms with E-state index < -0.39 is 6.03 Å². The summed E-state index contributed by atoms with van der Waals surface area (Å²) < 4.78 is 18.6. The van der Waals surface area contributed by atoms with Gasteiger partial charge in [0, 0.05) is 5.69 Å². The third-order valence-electron chi connectivity index (χ3n) is 2.98. The van der Waals surface area contributed by atoms with Gasteiger partial charge in [-0.2, -0.15) is 0 Å². The summed E-state index contributed by atoms with van der Waals surface area (Å²) in [6, 6.07) is 7.24. The van der Waals surface area contributed by atoms with Crippen LogP contribution in [-0.2, 0) is 0 Å². The molecule has 0 aliphatic carbocycles. The Morgan fingerprint density at radius 2 is 2.00 bits per heavy atom. The molecule has 0 unspecified atom stereocenters. The smallest absolute Gasteiger partial charge is 0.319 e. The fraction of sp³-hybridized carbons (Fsp3) is 0.267. The Morgan fingerprint density at radius 1 is 1.25 bits per heavy atom. The predicted molar refractivity (Wildman–Crippen MR) is 75.2 cm³/mol. The molecular formula is C15H17FN2O2. The van der Waals surface area contributed by atoms with Gasteiger partial charge in [0.1, 0.15) is 17.3 Å². The highest BCUT2D eigenvalue weighted by Crippen LogP contribution is 2.18. The molecule has 0 fully saturated rings. The number of aryl methyl sites for hydroxylation is 2. The number of rotatable bonds is 3. The number of carbonyl (C=O) groups excluding carboxylic acids is 1. The van der Waals surface area contributed by atoms with Crippen LogP contribution in [0.15, 0.2) is 34.7 Å². The number of nitrogens with one attached hydrogen (secondary N) is 2. The van der Waals surface area contributed by atoms with Crippen LogP contribution in [0.3, 0.4) is 0 Å². The molecule has 20 heavy (non-hydrogen) atoms. The van der Waals surface area contributed by atoms with Crippen molar-refractivity contribution in [1.82, 2.24) is 5.32 Å². The number of furan rings is 1. The van der Waals surface area contributed by atoms with Crippen molar-refractivity contribution in [1.29, 1.82) is 0 Å². The van der Waals surface area contributed by atoms with E-state index in [1.807, 2.05) is 26.0 Å². The normalized spacial score (nSPS) is 12.0. The van der Waals surface area contributed by atoms with E-state index in [-0.39, 0.29) is 11.9 Å². The zero-order valence-corrected chi connectivity index (χ0v) is 11.7. The van der Waals surface area contributed by atoms with Crippen LogP contribution in [0, 0.1) is 19.7 Å². The highest BCUT2D eigenvalue weighted by atomic mass is 19.1. The quantitative estimate of drug-likeness (QED) is 0.892. The molecule has 2 rings (SSSR count). The molecule has 0 spiro atoms. The first-order chi connectivity index (χ1) is 9.45. The molecule has 2 N–H and O–H groups in total. The number of hydrogen-bond acceptors (Lipinski definition) is 2. The molecule has 0 saturated carbocycles. The van der Waals surface area contributed by atoms with E-state index >= 15 is 0 Å². The van der Waals surface area contributed by atoms with Crippen molar-refractivity contribution in [3.05, 3.63) is 53.2 Å². The monoisotopic (exact) mass is 276 g/mol. The van der Waals surface area contributed by atoms with Crippen LogP contribution < -0.4 is 10.6 Å². The van der Waals surface area contributed by atoms with Gasteiger partial charge in [-0.25, -0.2) is 9.18 Å². The van der Waals surface area contributed by atoms with Crippen molar-refractivity contribution in [3.8, 4) is 0 Å². The van der Waals surface area contributed by atoms with Crippen molar-refractivity contribution < 1.29 is 13.6 Å². The van der Waals surface area contributed by atoms with Gasteiger partial charge in [-0.3, -0.25) is 0 Å². The van der Waals surface area contributed by atoms with Gasteiger partial charge in [-0.1, -0.05) is 6.07 Å². The standard InChI is InChI=1S/C15H17FN2O2/c1-9-4-6-12(16)8-13(9)18-15(19)17-11(3)14-7-5-10(2)20-14/h4-8,11H,1-3H3,(H2,17,18,19)/t11-/m1/s1. The number of carbonyl (C=O) groups is 1. The molecule has 1 heterocycles. The van der Waals surface area contributed by atoms with Gasteiger partial charge in [0.25, 0.3) is 0 Å². The third-order valence-corrected chi connectivity index (χ3v) is 2.98. The molecule has 5 heteroatoms. The van der Waals surface area contributed by atoms with E-state index in [2.05, 4.69) is 10.6 Å². The van der Waals surface area contributed by atoms with Crippen LogP contribution >= 0.6 is 0 Å². The van der Waals surface area contributed by atoms with Crippen LogP contribution in [0.2, 0.25) is 0 Å². The first kappa shape index (κ1) is 14.1. The minimum atomic E-state index is -0.403. The Kier molecular flexibility index (Phi) is 4.08. The van der Waals surface area contributed by atoms with Gasteiger partial charge in [0.05, 0.1) is 6.04 Å². The number of halogens is 1. The summed E-state index contributed by atoms with van der Waals surface area (Å²) in [6.07, 6.45) is 0. The molecule has 2 amide bonds. The van der Waals surface area contributed by atoms with E-state index in [9.17, 15) is 9.18 Å². The van der Waals surface area contributed by atoms with Crippen LogP contribution in [0.4, 0.5) is 14.9 Å². The minimum Gasteiger partial charge on any atom is -0.464 e. The largest absolute Gasteiger partial charge is 0.464 e. The SMILES string of the molecule is Cc1ccc([C@@H](C)NC(=O)Nc2cc(F)ccc2C)o1. The second-order valence-electron chi connectivity index (χ2n) is 4.73. The van der Waals surface area contributed by atoms with Crippen molar-refractivity contribution in [3.63, 3.8) is 0 Å². The molecule has 0 saturated heterocycles. The fourth-order valence-electron chi connectivity index (χ4n) is 1.84. The first-order valence-corrected chi connectivity index (χ1v) is 6.35. The van der Waals surface area contributed by atoms with Crippen LogP contribution in [0.1, 0.15) is 30.0 Å². The number of amides is 2. The third kappa shape index (κ3) is 3.38. The van der Waals surface area contributed by atoms with E-state index in [0.717, 1.165) is 11.3 Å². The summed E-state index contributed by atoms with van der Waals surface area (Å²) in [5.74, 6) is 1.07. The Labute approximate surface area is 117 Å². The average molecular weight is 276 g/mol. The Balaban J connectivity index is 2.00. The molecule has 106 valence electrons. The van der Waals surface area contributed by atoms with Crippen LogP contribution in [0.25, 0.3) is 0 Å². The second kappa shape index (κ2) is 5.77. The number of hydrogen-bond donors (Lipinski definition) is 2.